The number of rotatable bonds is 24. The molecule has 4 aliphatic rings. The normalized spacial score (nSPS) is 14.5. The SMILES string of the molecule is Clc1cnc(NC2CCNCC2)cc1-c1ccnc(NCc2ccncc2)c1.Fc1cc(F)cc(CNc2cc(-c3cc(NC4CCNCC4)ncc3Cl)ccn2)c1.Fc1ccc(CNc2cc(-c3cc(NC4CCNCC4)ncc3Cl)ccn2)cc1F.Fc1cccc(CNc2cc(-c3cc(NC4CCNCC4)ncc3Cl)ccn2)c1. The van der Waals surface area contributed by atoms with Crippen molar-refractivity contribution in [3.8, 4) is 44.5 Å². The van der Waals surface area contributed by atoms with Crippen LogP contribution in [0.15, 0.2) is 208 Å². The molecule has 4 aliphatic heterocycles. The number of aromatic nitrogens is 9. The monoisotopic (exact) mass is 1660 g/mol. The molecule has 0 unspecified atom stereocenters. The van der Waals surface area contributed by atoms with Gasteiger partial charge in [-0.25, -0.2) is 61.8 Å². The lowest BCUT2D eigenvalue weighted by Gasteiger charge is -2.24. The Labute approximate surface area is 696 Å². The van der Waals surface area contributed by atoms with Gasteiger partial charge in [0.2, 0.25) is 0 Å². The number of pyridine rings is 9. The van der Waals surface area contributed by atoms with Crippen LogP contribution in [0.4, 0.5) is 68.5 Å². The van der Waals surface area contributed by atoms with Crippen LogP contribution >= 0.6 is 46.4 Å². The Kier molecular flexibility index (Phi) is 30.7. The summed E-state index contributed by atoms with van der Waals surface area (Å²) in [4.78, 5) is 39.1. The van der Waals surface area contributed by atoms with Gasteiger partial charge in [-0.2, -0.15) is 0 Å². The van der Waals surface area contributed by atoms with Crippen LogP contribution in [0, 0.1) is 29.1 Å². The first kappa shape index (κ1) is 84.0. The van der Waals surface area contributed by atoms with Crippen LogP contribution in [-0.4, -0.2) is 121 Å². The summed E-state index contributed by atoms with van der Waals surface area (Å²) in [6, 6.07) is 42.5. The predicted molar refractivity (Wildman–Crippen MR) is 461 cm³/mol. The first-order chi connectivity index (χ1) is 57.1. The summed E-state index contributed by atoms with van der Waals surface area (Å²) in [5.41, 5.74) is 10.4. The van der Waals surface area contributed by atoms with E-state index in [9.17, 15) is 22.0 Å². The quantitative estimate of drug-likeness (QED) is 0.0251. The van der Waals surface area contributed by atoms with Crippen LogP contribution in [0.5, 0.6) is 0 Å². The van der Waals surface area contributed by atoms with E-state index in [0.717, 1.165) is 201 Å². The average molecular weight is 1670 g/mol. The van der Waals surface area contributed by atoms with Gasteiger partial charge in [-0.05, 0) is 270 Å². The molecule has 0 atom stereocenters. The summed E-state index contributed by atoms with van der Waals surface area (Å²) in [6.45, 7) is 9.82. The molecule has 117 heavy (non-hydrogen) atoms. The van der Waals surface area contributed by atoms with Gasteiger partial charge < -0.3 is 63.8 Å². The van der Waals surface area contributed by atoms with Gasteiger partial charge in [-0.1, -0.05) is 64.6 Å². The highest BCUT2D eigenvalue weighted by atomic mass is 35.5. The molecule has 0 saturated carbocycles. The van der Waals surface area contributed by atoms with Gasteiger partial charge >= 0.3 is 0 Å². The Morgan fingerprint density at radius 3 is 0.932 bits per heavy atom. The minimum absolute atomic E-state index is 0.247. The summed E-state index contributed by atoms with van der Waals surface area (Å²) in [5, 5.41) is 42.6. The molecule has 3 aromatic carbocycles. The van der Waals surface area contributed by atoms with Crippen molar-refractivity contribution in [3.05, 3.63) is 279 Å². The van der Waals surface area contributed by atoms with E-state index in [1.807, 2.05) is 91.0 Å². The highest BCUT2D eigenvalue weighted by Crippen LogP contribution is 2.36. The fraction of sp³-hybridized carbons (Fsp3) is 0.276. The number of halogens is 9. The molecule has 606 valence electrons. The largest absolute Gasteiger partial charge is 0.367 e. The molecule has 0 bridgehead atoms. The predicted octanol–water partition coefficient (Wildman–Crippen LogP) is 18.4. The highest BCUT2D eigenvalue weighted by molar-refractivity contribution is 6.34. The zero-order valence-corrected chi connectivity index (χ0v) is 67.0. The summed E-state index contributed by atoms with van der Waals surface area (Å²) >= 11 is 25.7. The lowest BCUT2D eigenvalue weighted by Crippen LogP contribution is -2.35. The zero-order chi connectivity index (χ0) is 81.1. The number of hydrogen-bond acceptors (Lipinski definition) is 21. The Bertz CT molecular complexity index is 5200. The molecule has 13 heterocycles. The Morgan fingerprint density at radius 2 is 0.598 bits per heavy atom. The van der Waals surface area contributed by atoms with E-state index in [2.05, 4.69) is 109 Å². The van der Waals surface area contributed by atoms with Gasteiger partial charge in [0, 0.05) is 141 Å². The van der Waals surface area contributed by atoms with E-state index in [0.29, 0.717) is 92.5 Å². The number of hydrogen-bond donors (Lipinski definition) is 12. The van der Waals surface area contributed by atoms with Crippen molar-refractivity contribution in [2.75, 3.05) is 94.9 Å². The Morgan fingerprint density at radius 1 is 0.282 bits per heavy atom. The van der Waals surface area contributed by atoms with Gasteiger partial charge in [-0.15, -0.1) is 0 Å². The lowest BCUT2D eigenvalue weighted by atomic mass is 10.1. The molecule has 0 aliphatic carbocycles. The number of piperidine rings is 4. The standard InChI is InChI=1S/2C22H22ClF2N5.C22H23ClFN5.C21H23ClN6/c23-20-13-29-22(30-18-2-4-26-5-3-18)11-19(20)15-1-6-27-21(9-15)28-12-14-7-16(24)10-17(25)8-14;23-18-13-29-22(30-16-4-6-26-7-5-16)11-17(18)15-3-8-27-21(10-15)28-12-14-1-2-19(24)20(25)9-14;23-20-14-28-22(29-18-5-7-25-8-6-18)12-19(20)16-4-9-26-21(11-16)27-13-15-2-1-3-17(24)10-15;22-19-14-27-21(28-17-4-8-24-9-5-17)12-18(19)16-3-10-25-20(11-16)26-13-15-1-6-23-7-2-15/h1,6-11,13,18,26H,2-5,12H2,(H,27,28)(H,29,30);1-3,8-11,13,16,26H,4-7,12H2,(H,27,28)(H,29,30);1-4,9-12,14,18,25H,5-8,13H2,(H,26,27)(H,28,29);1-3,6-7,10-12,14,17,24H,4-5,8-9,13H2,(H,25,26)(H,27,28). The molecule has 4 saturated heterocycles. The van der Waals surface area contributed by atoms with E-state index in [1.54, 1.807) is 68.0 Å². The third-order valence-electron chi connectivity index (χ3n) is 19.9. The molecule has 21 nitrogen and oxygen atoms in total. The maximum atomic E-state index is 13.4. The van der Waals surface area contributed by atoms with E-state index in [4.69, 9.17) is 46.4 Å². The van der Waals surface area contributed by atoms with Gasteiger partial charge in [0.05, 0.1) is 20.1 Å². The molecule has 0 radical (unpaired) electrons. The summed E-state index contributed by atoms with van der Waals surface area (Å²) in [7, 11) is 0. The van der Waals surface area contributed by atoms with Crippen molar-refractivity contribution in [2.45, 2.75) is 102 Å². The molecule has 30 heteroatoms. The number of nitrogens with one attached hydrogen (secondary N) is 12. The average Bonchev–Trinajstić information content (AvgIpc) is 0.833. The number of benzene rings is 3. The van der Waals surface area contributed by atoms with Crippen LogP contribution in [0.3, 0.4) is 0 Å². The van der Waals surface area contributed by atoms with Crippen molar-refractivity contribution < 1.29 is 22.0 Å². The number of nitrogens with zero attached hydrogens (tertiary/aromatic N) is 9. The van der Waals surface area contributed by atoms with Crippen molar-refractivity contribution in [1.82, 2.24) is 66.1 Å². The van der Waals surface area contributed by atoms with E-state index < -0.39 is 23.3 Å². The fourth-order valence-electron chi connectivity index (χ4n) is 13.7. The molecular weight excluding hydrogens is 1580 g/mol. The molecular formula is C87H90Cl4F5N21. The van der Waals surface area contributed by atoms with Crippen LogP contribution < -0.4 is 63.8 Å². The van der Waals surface area contributed by atoms with Gasteiger partial charge in [-0.3, -0.25) is 4.98 Å². The third-order valence-corrected chi connectivity index (χ3v) is 21.1. The maximum Gasteiger partial charge on any atom is 0.159 e. The second-order valence-electron chi connectivity index (χ2n) is 28.5. The van der Waals surface area contributed by atoms with E-state index in [-0.39, 0.29) is 12.4 Å². The van der Waals surface area contributed by atoms with Crippen molar-refractivity contribution in [3.63, 3.8) is 0 Å². The first-order valence-corrected chi connectivity index (χ1v) is 40.5. The fourth-order valence-corrected chi connectivity index (χ4v) is 14.6. The minimum Gasteiger partial charge on any atom is -0.367 e. The van der Waals surface area contributed by atoms with E-state index in [1.165, 1.54) is 36.4 Å². The Balaban J connectivity index is 0.000000136. The summed E-state index contributed by atoms with van der Waals surface area (Å²) < 4.78 is 66.6. The van der Waals surface area contributed by atoms with Crippen molar-refractivity contribution in [2.24, 2.45) is 0 Å². The van der Waals surface area contributed by atoms with E-state index >= 15 is 0 Å². The van der Waals surface area contributed by atoms with Crippen molar-refractivity contribution in [1.29, 1.82) is 0 Å². The number of anilines is 8. The molecule has 0 amide bonds. The highest BCUT2D eigenvalue weighted by Gasteiger charge is 2.21. The molecule has 9 aromatic heterocycles. The zero-order valence-electron chi connectivity index (χ0n) is 64.0. The minimum atomic E-state index is -0.867. The van der Waals surface area contributed by atoms with Crippen molar-refractivity contribution >= 4 is 92.9 Å². The smallest absolute Gasteiger partial charge is 0.159 e. The second kappa shape index (κ2) is 42.8. The van der Waals surface area contributed by atoms with Crippen LogP contribution in [0.1, 0.15) is 73.6 Å². The van der Waals surface area contributed by atoms with Gasteiger partial charge in [0.1, 0.15) is 64.0 Å². The second-order valence-corrected chi connectivity index (χ2v) is 30.1. The third kappa shape index (κ3) is 25.8. The van der Waals surface area contributed by atoms with Gasteiger partial charge in [0.25, 0.3) is 0 Å². The Hall–Kier alpha value is -10.9. The molecule has 4 fully saturated rings. The first-order valence-electron chi connectivity index (χ1n) is 38.9. The van der Waals surface area contributed by atoms with Crippen LogP contribution in [0.25, 0.3) is 44.5 Å². The summed E-state index contributed by atoms with van der Waals surface area (Å²) in [6.07, 6.45) is 25.7. The lowest BCUT2D eigenvalue weighted by molar-refractivity contribution is 0.478. The van der Waals surface area contributed by atoms with Gasteiger partial charge in [0.15, 0.2) is 11.6 Å². The van der Waals surface area contributed by atoms with Crippen LogP contribution in [-0.2, 0) is 26.2 Å². The van der Waals surface area contributed by atoms with Crippen LogP contribution in [0.2, 0.25) is 20.1 Å². The molecule has 16 rings (SSSR count). The molecule has 12 N–H and O–H groups in total. The maximum absolute atomic E-state index is 13.4. The topological polar surface area (TPSA) is 260 Å². The molecule has 12 aromatic rings. The summed E-state index contributed by atoms with van der Waals surface area (Å²) in [5.74, 6) is 2.75. The molecule has 0 spiro atoms.